The molecule has 0 radical (unpaired) electrons. The number of carbonyl (C=O) groups excluding carboxylic acids is 2. The fraction of sp³-hybridized carbons (Fsp3) is 0.688. The first-order valence-electron chi connectivity index (χ1n) is 8.23. The van der Waals surface area contributed by atoms with Gasteiger partial charge in [0.1, 0.15) is 0 Å². The number of nitrogens with zero attached hydrogens (tertiary/aromatic N) is 2. The van der Waals surface area contributed by atoms with Crippen molar-refractivity contribution in [2.45, 2.75) is 38.6 Å². The standard InChI is InChI=1S/C16H23N3O4/c1-11-14(23-10-18-11)15(20)17-6-7-19(16(21)12-2-3-12)13-4-8-22-9-5-13/h10,12-13H,2-9H2,1H3,(H,17,20). The van der Waals surface area contributed by atoms with Crippen LogP contribution in [0.1, 0.15) is 41.9 Å². The molecule has 0 atom stereocenters. The van der Waals surface area contributed by atoms with E-state index in [1.54, 1.807) is 6.92 Å². The van der Waals surface area contributed by atoms with E-state index in [1.807, 2.05) is 4.90 Å². The molecule has 0 aromatic carbocycles. The normalized spacial score (nSPS) is 18.7. The summed E-state index contributed by atoms with van der Waals surface area (Å²) >= 11 is 0. The quantitative estimate of drug-likeness (QED) is 0.849. The summed E-state index contributed by atoms with van der Waals surface area (Å²) in [5, 5.41) is 2.81. The first-order chi connectivity index (χ1) is 11.2. The van der Waals surface area contributed by atoms with Gasteiger partial charge in [-0.05, 0) is 32.6 Å². The first kappa shape index (κ1) is 16.0. The fourth-order valence-corrected chi connectivity index (χ4v) is 2.92. The predicted molar refractivity (Wildman–Crippen MR) is 81.9 cm³/mol. The number of aryl methyl sites for hydroxylation is 1. The summed E-state index contributed by atoms with van der Waals surface area (Å²) in [6, 6.07) is 0.223. The maximum atomic E-state index is 12.5. The third-order valence-corrected chi connectivity index (χ3v) is 4.43. The van der Waals surface area contributed by atoms with Crippen LogP contribution < -0.4 is 5.32 Å². The minimum atomic E-state index is -0.286. The number of hydrogen-bond donors (Lipinski definition) is 1. The topological polar surface area (TPSA) is 84.7 Å². The molecule has 7 nitrogen and oxygen atoms in total. The molecule has 2 heterocycles. The Bertz CT molecular complexity index is 561. The van der Waals surface area contributed by atoms with E-state index in [0.717, 1.165) is 25.7 Å². The molecular formula is C16H23N3O4. The largest absolute Gasteiger partial charge is 0.438 e. The first-order valence-corrected chi connectivity index (χ1v) is 8.23. The predicted octanol–water partition coefficient (Wildman–Crippen LogP) is 1.13. The van der Waals surface area contributed by atoms with Gasteiger partial charge >= 0.3 is 0 Å². The van der Waals surface area contributed by atoms with Gasteiger partial charge in [-0.25, -0.2) is 4.98 Å². The second-order valence-corrected chi connectivity index (χ2v) is 6.17. The van der Waals surface area contributed by atoms with Crippen LogP contribution in [0.4, 0.5) is 0 Å². The summed E-state index contributed by atoms with van der Waals surface area (Å²) in [6.07, 6.45) is 4.97. The van der Waals surface area contributed by atoms with Gasteiger partial charge in [-0.3, -0.25) is 9.59 Å². The van der Waals surface area contributed by atoms with Crippen LogP contribution in [-0.4, -0.2) is 54.0 Å². The van der Waals surface area contributed by atoms with Crippen molar-refractivity contribution in [3.05, 3.63) is 17.8 Å². The van der Waals surface area contributed by atoms with Crippen LogP contribution in [0.15, 0.2) is 10.8 Å². The highest BCUT2D eigenvalue weighted by Gasteiger charge is 2.36. The van der Waals surface area contributed by atoms with Crippen molar-refractivity contribution in [2.75, 3.05) is 26.3 Å². The lowest BCUT2D eigenvalue weighted by atomic mass is 10.1. The van der Waals surface area contributed by atoms with Crippen molar-refractivity contribution in [1.82, 2.24) is 15.2 Å². The van der Waals surface area contributed by atoms with Gasteiger partial charge in [-0.1, -0.05) is 0 Å². The van der Waals surface area contributed by atoms with Crippen LogP contribution in [0.25, 0.3) is 0 Å². The highest BCUT2D eigenvalue weighted by molar-refractivity contribution is 5.92. The van der Waals surface area contributed by atoms with Crippen molar-refractivity contribution in [1.29, 1.82) is 0 Å². The third-order valence-electron chi connectivity index (χ3n) is 4.43. The van der Waals surface area contributed by atoms with Crippen molar-refractivity contribution < 1.29 is 18.7 Å². The van der Waals surface area contributed by atoms with Gasteiger partial charge in [0.15, 0.2) is 6.39 Å². The molecule has 2 aliphatic rings. The van der Waals surface area contributed by atoms with Gasteiger partial charge in [0.05, 0.1) is 5.69 Å². The van der Waals surface area contributed by atoms with E-state index < -0.39 is 0 Å². The molecule has 0 bridgehead atoms. The van der Waals surface area contributed by atoms with E-state index in [0.29, 0.717) is 32.0 Å². The molecule has 7 heteroatoms. The number of aromatic nitrogens is 1. The maximum Gasteiger partial charge on any atom is 0.289 e. The Balaban J connectivity index is 1.54. The monoisotopic (exact) mass is 321 g/mol. The molecule has 1 N–H and O–H groups in total. The molecule has 23 heavy (non-hydrogen) atoms. The van der Waals surface area contributed by atoms with Crippen molar-refractivity contribution in [3.63, 3.8) is 0 Å². The van der Waals surface area contributed by atoms with Crippen molar-refractivity contribution in [2.24, 2.45) is 5.92 Å². The summed E-state index contributed by atoms with van der Waals surface area (Å²) in [7, 11) is 0. The Morgan fingerprint density at radius 3 is 2.65 bits per heavy atom. The van der Waals surface area contributed by atoms with Crippen molar-refractivity contribution >= 4 is 11.8 Å². The minimum absolute atomic E-state index is 0.185. The Morgan fingerprint density at radius 2 is 2.04 bits per heavy atom. The number of amides is 2. The van der Waals surface area contributed by atoms with E-state index in [-0.39, 0.29) is 29.5 Å². The number of hydrogen-bond acceptors (Lipinski definition) is 5. The molecule has 1 saturated heterocycles. The van der Waals surface area contributed by atoms with Gasteiger partial charge < -0.3 is 19.4 Å². The van der Waals surface area contributed by atoms with Crippen molar-refractivity contribution in [3.8, 4) is 0 Å². The minimum Gasteiger partial charge on any atom is -0.438 e. The fourth-order valence-electron chi connectivity index (χ4n) is 2.92. The molecule has 126 valence electrons. The molecule has 2 amide bonds. The number of rotatable bonds is 6. The van der Waals surface area contributed by atoms with Gasteiger partial charge in [0.2, 0.25) is 11.7 Å². The summed E-state index contributed by atoms with van der Waals surface area (Å²) in [5.74, 6) is 0.356. The van der Waals surface area contributed by atoms with Crippen LogP contribution in [0.5, 0.6) is 0 Å². The lowest BCUT2D eigenvalue weighted by molar-refractivity contribution is -0.136. The van der Waals surface area contributed by atoms with E-state index in [2.05, 4.69) is 10.3 Å². The Labute approximate surface area is 135 Å². The Morgan fingerprint density at radius 1 is 1.30 bits per heavy atom. The van der Waals surface area contributed by atoms with Crippen LogP contribution in [-0.2, 0) is 9.53 Å². The molecule has 1 aliphatic heterocycles. The average Bonchev–Trinajstić information content (AvgIpc) is 3.33. The Kier molecular flexibility index (Phi) is 4.95. The lowest BCUT2D eigenvalue weighted by Crippen LogP contribution is -2.47. The molecule has 1 aromatic heterocycles. The third kappa shape index (κ3) is 3.90. The molecule has 0 unspecified atom stereocenters. The molecule has 1 aliphatic carbocycles. The van der Waals surface area contributed by atoms with Gasteiger partial charge in [0.25, 0.3) is 5.91 Å². The van der Waals surface area contributed by atoms with Gasteiger partial charge in [-0.2, -0.15) is 0 Å². The summed E-state index contributed by atoms with van der Waals surface area (Å²) in [5.41, 5.74) is 0.567. The van der Waals surface area contributed by atoms with Crippen LogP contribution in [0, 0.1) is 12.8 Å². The lowest BCUT2D eigenvalue weighted by Gasteiger charge is -2.34. The molecule has 0 spiro atoms. The summed E-state index contributed by atoms with van der Waals surface area (Å²) in [4.78, 5) is 30.4. The van der Waals surface area contributed by atoms with Gasteiger partial charge in [-0.15, -0.1) is 0 Å². The SMILES string of the molecule is Cc1ncoc1C(=O)NCCN(C(=O)C1CC1)C1CCOCC1. The number of oxazole rings is 1. The summed E-state index contributed by atoms with van der Waals surface area (Å²) < 4.78 is 10.5. The molecule has 2 fully saturated rings. The molecule has 1 aromatic rings. The Hall–Kier alpha value is -1.89. The van der Waals surface area contributed by atoms with Crippen LogP contribution in [0.2, 0.25) is 0 Å². The van der Waals surface area contributed by atoms with Crippen LogP contribution >= 0.6 is 0 Å². The van der Waals surface area contributed by atoms with Gasteiger partial charge in [0, 0.05) is 38.3 Å². The van der Waals surface area contributed by atoms with E-state index >= 15 is 0 Å². The molecule has 1 saturated carbocycles. The smallest absolute Gasteiger partial charge is 0.289 e. The van der Waals surface area contributed by atoms with E-state index in [4.69, 9.17) is 9.15 Å². The zero-order valence-electron chi connectivity index (χ0n) is 13.4. The average molecular weight is 321 g/mol. The van der Waals surface area contributed by atoms with E-state index in [9.17, 15) is 9.59 Å². The summed E-state index contributed by atoms with van der Waals surface area (Å²) in [6.45, 7) is 4.06. The number of carbonyl (C=O) groups is 2. The zero-order chi connectivity index (χ0) is 16.2. The molecular weight excluding hydrogens is 298 g/mol. The number of ether oxygens (including phenoxy) is 1. The highest BCUT2D eigenvalue weighted by Crippen LogP contribution is 2.32. The second-order valence-electron chi connectivity index (χ2n) is 6.17. The van der Waals surface area contributed by atoms with Crippen LogP contribution in [0.3, 0.4) is 0 Å². The van der Waals surface area contributed by atoms with E-state index in [1.165, 1.54) is 6.39 Å². The zero-order valence-corrected chi connectivity index (χ0v) is 13.4. The maximum absolute atomic E-state index is 12.5. The highest BCUT2D eigenvalue weighted by atomic mass is 16.5. The second kappa shape index (κ2) is 7.12. The molecule has 3 rings (SSSR count). The number of nitrogens with one attached hydrogen (secondary N) is 1.